The molecule has 9 nitrogen and oxygen atoms in total. The van der Waals surface area contributed by atoms with Crippen LogP contribution in [-0.4, -0.2) is 50.9 Å². The molecule has 9 heteroatoms. The predicted octanol–water partition coefficient (Wildman–Crippen LogP) is 4.83. The van der Waals surface area contributed by atoms with Crippen LogP contribution in [0.15, 0.2) is 30.6 Å². The van der Waals surface area contributed by atoms with E-state index >= 15 is 0 Å². The average molecular weight is 444 g/mol. The van der Waals surface area contributed by atoms with Crippen LogP contribution in [-0.2, 0) is 15.9 Å². The lowest BCUT2D eigenvalue weighted by molar-refractivity contribution is -0.401. The second kappa shape index (κ2) is 7.96. The van der Waals surface area contributed by atoms with E-state index in [-0.39, 0.29) is 0 Å². The summed E-state index contributed by atoms with van der Waals surface area (Å²) in [6.07, 6.45) is 1.78. The largest absolute Gasteiger partial charge is 0.444 e. The minimum absolute atomic E-state index is 0.290. The average Bonchev–Trinajstić information content (AvgIpc) is 3.00. The van der Waals surface area contributed by atoms with E-state index in [1.54, 1.807) is 73.0 Å². The Morgan fingerprint density at radius 3 is 2.34 bits per heavy atom. The van der Waals surface area contributed by atoms with Crippen LogP contribution in [0.3, 0.4) is 0 Å². The van der Waals surface area contributed by atoms with E-state index in [0.29, 0.717) is 23.1 Å². The molecule has 0 unspecified atom stereocenters. The zero-order valence-corrected chi connectivity index (χ0v) is 19.5. The first-order valence-electron chi connectivity index (χ1n) is 10.4. The quantitative estimate of drug-likeness (QED) is 0.486. The van der Waals surface area contributed by atoms with Crippen molar-refractivity contribution in [2.75, 3.05) is 7.05 Å². The minimum Gasteiger partial charge on any atom is -0.444 e. The van der Waals surface area contributed by atoms with E-state index in [0.717, 1.165) is 17.1 Å². The summed E-state index contributed by atoms with van der Waals surface area (Å²) in [5.41, 5.74) is 0.980. The molecule has 3 rings (SSSR count). The Morgan fingerprint density at radius 2 is 1.78 bits per heavy atom. The van der Waals surface area contributed by atoms with Crippen molar-refractivity contribution in [3.8, 4) is 0 Å². The number of nitrogens with zero attached hydrogens (tertiary/aromatic N) is 3. The summed E-state index contributed by atoms with van der Waals surface area (Å²) in [7, 11) is 1.56. The van der Waals surface area contributed by atoms with E-state index in [9.17, 15) is 19.7 Å². The van der Waals surface area contributed by atoms with Gasteiger partial charge in [0.25, 0.3) is 0 Å². The Morgan fingerprint density at radius 1 is 1.16 bits per heavy atom. The summed E-state index contributed by atoms with van der Waals surface area (Å²) in [5.74, 6) is 0. The van der Waals surface area contributed by atoms with Crippen LogP contribution in [0.2, 0.25) is 0 Å². The lowest BCUT2D eigenvalue weighted by Crippen LogP contribution is -2.43. The molecule has 32 heavy (non-hydrogen) atoms. The molecule has 1 atom stereocenters. The highest BCUT2D eigenvalue weighted by atomic mass is 16.6. The summed E-state index contributed by atoms with van der Waals surface area (Å²) in [4.78, 5) is 37.8. The number of carbonyl (C=O) groups is 2. The van der Waals surface area contributed by atoms with Crippen molar-refractivity contribution in [2.45, 2.75) is 65.2 Å². The highest BCUT2D eigenvalue weighted by Crippen LogP contribution is 2.39. The third-order valence-corrected chi connectivity index (χ3v) is 4.97. The van der Waals surface area contributed by atoms with Crippen LogP contribution in [0.5, 0.6) is 0 Å². The summed E-state index contributed by atoms with van der Waals surface area (Å²) < 4.78 is 12.4. The molecule has 1 heterocycles. The van der Waals surface area contributed by atoms with Crippen LogP contribution in [0, 0.1) is 10.1 Å². The molecule has 1 aromatic heterocycles. The molecule has 0 saturated heterocycles. The monoisotopic (exact) mass is 443 g/mol. The highest BCUT2D eigenvalue weighted by molar-refractivity contribution is 6.02. The van der Waals surface area contributed by atoms with Gasteiger partial charge in [-0.3, -0.25) is 14.7 Å². The van der Waals surface area contributed by atoms with Crippen LogP contribution in [0.4, 0.5) is 9.59 Å². The van der Waals surface area contributed by atoms with Gasteiger partial charge in [-0.05, 0) is 65.2 Å². The van der Waals surface area contributed by atoms with Crippen molar-refractivity contribution < 1.29 is 24.0 Å². The second-order valence-electron chi connectivity index (χ2n) is 9.89. The van der Waals surface area contributed by atoms with Crippen LogP contribution >= 0.6 is 0 Å². The number of amides is 1. The standard InChI is InChI=1S/C23H29N3O6/c1-22(2,3)31-20(27)24(7)18-11-14-12-25(21(28)32-23(4,5)6)17-10-8-9-15(19(14)17)16(18)13-26(29)30/h8-10,12-13,18H,11H2,1-7H3/b16-13+/t18-/m1/s1. The smallest absolute Gasteiger partial charge is 0.419 e. The van der Waals surface area contributed by atoms with Gasteiger partial charge in [0.1, 0.15) is 11.2 Å². The van der Waals surface area contributed by atoms with Crippen LogP contribution in [0.25, 0.3) is 16.5 Å². The molecule has 1 aromatic carbocycles. The van der Waals surface area contributed by atoms with Crippen LogP contribution in [0.1, 0.15) is 52.7 Å². The van der Waals surface area contributed by atoms with Gasteiger partial charge in [-0.15, -0.1) is 0 Å². The Bertz CT molecular complexity index is 1120. The first kappa shape index (κ1) is 23.3. The molecule has 0 N–H and O–H groups in total. The molecular weight excluding hydrogens is 414 g/mol. The molecule has 0 bridgehead atoms. The fourth-order valence-corrected chi connectivity index (χ4v) is 3.80. The van der Waals surface area contributed by atoms with Gasteiger partial charge in [0, 0.05) is 18.6 Å². The molecular formula is C23H29N3O6. The number of carbonyl (C=O) groups excluding carboxylic acids is 2. The molecule has 0 spiro atoms. The summed E-state index contributed by atoms with van der Waals surface area (Å²) >= 11 is 0. The molecule has 2 aromatic rings. The van der Waals surface area contributed by atoms with Crippen molar-refractivity contribution in [1.29, 1.82) is 0 Å². The van der Waals surface area contributed by atoms with Gasteiger partial charge in [-0.25, -0.2) is 9.59 Å². The maximum atomic E-state index is 12.8. The van der Waals surface area contributed by atoms with Gasteiger partial charge in [0.15, 0.2) is 0 Å². The number of likely N-dealkylation sites (N-methyl/N-ethyl adjacent to an activating group) is 1. The summed E-state index contributed by atoms with van der Waals surface area (Å²) in [6.45, 7) is 10.6. The lowest BCUT2D eigenvalue weighted by Gasteiger charge is -2.33. The zero-order valence-electron chi connectivity index (χ0n) is 19.5. The SMILES string of the molecule is CN(C(=O)OC(C)(C)C)[C@@H]1Cc2cn(C(=O)OC(C)(C)C)c3cccc(c23)/C1=C\[N+](=O)[O-]. The molecule has 1 amide bonds. The number of benzene rings is 1. The molecule has 0 aliphatic heterocycles. The first-order valence-corrected chi connectivity index (χ1v) is 10.4. The number of hydrogen-bond acceptors (Lipinski definition) is 6. The summed E-state index contributed by atoms with van der Waals surface area (Å²) in [5, 5.41) is 12.2. The molecule has 0 fully saturated rings. The van der Waals surface area contributed by atoms with E-state index in [1.807, 2.05) is 0 Å². The van der Waals surface area contributed by atoms with Crippen molar-refractivity contribution in [2.24, 2.45) is 0 Å². The van der Waals surface area contributed by atoms with Crippen LogP contribution < -0.4 is 0 Å². The molecule has 0 saturated carbocycles. The van der Waals surface area contributed by atoms with Crippen molar-refractivity contribution in [3.05, 3.63) is 51.8 Å². The highest BCUT2D eigenvalue weighted by Gasteiger charge is 2.36. The van der Waals surface area contributed by atoms with Gasteiger partial charge in [-0.2, -0.15) is 0 Å². The Balaban J connectivity index is 2.12. The topological polar surface area (TPSA) is 104 Å². The second-order valence-corrected chi connectivity index (χ2v) is 9.89. The summed E-state index contributed by atoms with van der Waals surface area (Å²) in [6, 6.07) is 4.62. The Labute approximate surface area is 186 Å². The zero-order chi connectivity index (χ0) is 24.0. The Kier molecular flexibility index (Phi) is 5.80. The van der Waals surface area contributed by atoms with E-state index in [1.165, 1.54) is 9.47 Å². The van der Waals surface area contributed by atoms with E-state index in [2.05, 4.69) is 0 Å². The number of aromatic nitrogens is 1. The number of rotatable bonds is 2. The molecule has 1 aliphatic carbocycles. The third kappa shape index (κ3) is 4.76. The van der Waals surface area contributed by atoms with Gasteiger partial charge < -0.3 is 14.4 Å². The van der Waals surface area contributed by atoms with Gasteiger partial charge in [0.2, 0.25) is 6.20 Å². The Hall–Kier alpha value is -3.36. The fraction of sp³-hybridized carbons (Fsp3) is 0.478. The van der Waals surface area contributed by atoms with Crippen molar-refractivity contribution in [3.63, 3.8) is 0 Å². The van der Waals surface area contributed by atoms with E-state index in [4.69, 9.17) is 9.47 Å². The lowest BCUT2D eigenvalue weighted by atomic mass is 9.84. The van der Waals surface area contributed by atoms with Gasteiger partial charge >= 0.3 is 12.2 Å². The first-order chi connectivity index (χ1) is 14.7. The van der Waals surface area contributed by atoms with Crippen molar-refractivity contribution >= 4 is 28.7 Å². The number of nitro groups is 1. The maximum Gasteiger partial charge on any atom is 0.419 e. The number of hydrogen-bond donors (Lipinski definition) is 0. The number of ether oxygens (including phenoxy) is 2. The molecule has 1 aliphatic rings. The maximum absolute atomic E-state index is 12.8. The third-order valence-electron chi connectivity index (χ3n) is 4.97. The minimum atomic E-state index is -0.710. The molecule has 172 valence electrons. The predicted molar refractivity (Wildman–Crippen MR) is 120 cm³/mol. The molecule has 0 radical (unpaired) electrons. The van der Waals surface area contributed by atoms with Gasteiger partial charge in [0.05, 0.1) is 22.1 Å². The normalized spacial score (nSPS) is 17.3. The van der Waals surface area contributed by atoms with E-state index < -0.39 is 34.4 Å². The fourth-order valence-electron chi connectivity index (χ4n) is 3.80. The van der Waals surface area contributed by atoms with Gasteiger partial charge in [-0.1, -0.05) is 12.1 Å². The van der Waals surface area contributed by atoms with Crippen molar-refractivity contribution in [1.82, 2.24) is 9.47 Å².